The number of para-hydroxylation sites is 1. The normalized spacial score (nSPS) is 11.5. The molecule has 0 fully saturated rings. The SMILES string of the molecule is CCNCc1cccc(OCC)c1OCCOC(C)(C)C. The minimum Gasteiger partial charge on any atom is -0.490 e. The predicted molar refractivity (Wildman–Crippen MR) is 86.2 cm³/mol. The van der Waals surface area contributed by atoms with Crippen LogP contribution >= 0.6 is 0 Å². The maximum atomic E-state index is 5.92. The Hall–Kier alpha value is -1.26. The van der Waals surface area contributed by atoms with Crippen LogP contribution in [0, 0.1) is 0 Å². The predicted octanol–water partition coefficient (Wildman–Crippen LogP) is 3.39. The van der Waals surface area contributed by atoms with Gasteiger partial charge in [0.2, 0.25) is 0 Å². The van der Waals surface area contributed by atoms with Crippen molar-refractivity contribution < 1.29 is 14.2 Å². The van der Waals surface area contributed by atoms with E-state index in [2.05, 4.69) is 18.3 Å². The van der Waals surface area contributed by atoms with Gasteiger partial charge >= 0.3 is 0 Å². The molecular formula is C17H29NO3. The largest absolute Gasteiger partial charge is 0.490 e. The fourth-order valence-corrected chi connectivity index (χ4v) is 1.88. The highest BCUT2D eigenvalue weighted by Crippen LogP contribution is 2.31. The first-order valence-electron chi connectivity index (χ1n) is 7.70. The molecule has 0 spiro atoms. The Bertz CT molecular complexity index is 413. The van der Waals surface area contributed by atoms with Crippen molar-refractivity contribution in [1.29, 1.82) is 0 Å². The number of hydrogen-bond donors (Lipinski definition) is 1. The first kappa shape index (κ1) is 17.8. The van der Waals surface area contributed by atoms with Crippen molar-refractivity contribution in [2.24, 2.45) is 0 Å². The highest BCUT2D eigenvalue weighted by molar-refractivity contribution is 5.46. The van der Waals surface area contributed by atoms with Crippen LogP contribution < -0.4 is 14.8 Å². The van der Waals surface area contributed by atoms with Gasteiger partial charge < -0.3 is 19.5 Å². The molecule has 120 valence electrons. The van der Waals surface area contributed by atoms with Gasteiger partial charge in [-0.3, -0.25) is 0 Å². The Morgan fingerprint density at radius 2 is 1.81 bits per heavy atom. The summed E-state index contributed by atoms with van der Waals surface area (Å²) in [5, 5.41) is 3.32. The van der Waals surface area contributed by atoms with Crippen LogP contribution in [0.2, 0.25) is 0 Å². The lowest BCUT2D eigenvalue weighted by Crippen LogP contribution is -2.23. The second-order valence-electron chi connectivity index (χ2n) is 5.77. The van der Waals surface area contributed by atoms with E-state index < -0.39 is 0 Å². The second kappa shape index (κ2) is 8.90. The number of hydrogen-bond acceptors (Lipinski definition) is 4. The third-order valence-corrected chi connectivity index (χ3v) is 2.79. The van der Waals surface area contributed by atoms with Crippen molar-refractivity contribution >= 4 is 0 Å². The number of nitrogens with one attached hydrogen (secondary N) is 1. The van der Waals surface area contributed by atoms with Gasteiger partial charge in [0.1, 0.15) is 6.61 Å². The molecule has 1 rings (SSSR count). The molecule has 0 heterocycles. The average Bonchev–Trinajstić information content (AvgIpc) is 2.42. The van der Waals surface area contributed by atoms with E-state index in [4.69, 9.17) is 14.2 Å². The third kappa shape index (κ3) is 6.82. The van der Waals surface area contributed by atoms with Gasteiger partial charge in [0.05, 0.1) is 18.8 Å². The van der Waals surface area contributed by atoms with E-state index >= 15 is 0 Å². The maximum Gasteiger partial charge on any atom is 0.165 e. The molecule has 0 atom stereocenters. The fraction of sp³-hybridized carbons (Fsp3) is 0.647. The van der Waals surface area contributed by atoms with Crippen LogP contribution in [-0.4, -0.2) is 32.0 Å². The van der Waals surface area contributed by atoms with E-state index in [9.17, 15) is 0 Å². The monoisotopic (exact) mass is 295 g/mol. The van der Waals surface area contributed by atoms with Gasteiger partial charge in [-0.15, -0.1) is 0 Å². The summed E-state index contributed by atoms with van der Waals surface area (Å²) in [6.45, 7) is 13.6. The maximum absolute atomic E-state index is 5.92. The van der Waals surface area contributed by atoms with Crippen molar-refractivity contribution in [3.8, 4) is 11.5 Å². The van der Waals surface area contributed by atoms with E-state index in [-0.39, 0.29) is 5.60 Å². The molecule has 0 aromatic heterocycles. The van der Waals surface area contributed by atoms with Gasteiger partial charge in [0, 0.05) is 12.1 Å². The van der Waals surface area contributed by atoms with Gasteiger partial charge in [-0.25, -0.2) is 0 Å². The van der Waals surface area contributed by atoms with Crippen molar-refractivity contribution in [2.45, 2.75) is 46.8 Å². The average molecular weight is 295 g/mol. The van der Waals surface area contributed by atoms with Gasteiger partial charge in [-0.2, -0.15) is 0 Å². The Labute approximate surface area is 128 Å². The molecule has 0 radical (unpaired) electrons. The van der Waals surface area contributed by atoms with Crippen LogP contribution in [0.3, 0.4) is 0 Å². The van der Waals surface area contributed by atoms with Crippen LogP contribution in [0.1, 0.15) is 40.2 Å². The van der Waals surface area contributed by atoms with Crippen LogP contribution in [0.4, 0.5) is 0 Å². The van der Waals surface area contributed by atoms with Gasteiger partial charge in [0.15, 0.2) is 11.5 Å². The standard InChI is InChI=1S/C17H29NO3/c1-6-18-13-14-9-8-10-15(19-7-2)16(14)20-11-12-21-17(3,4)5/h8-10,18H,6-7,11-13H2,1-5H3. The molecule has 4 nitrogen and oxygen atoms in total. The molecule has 0 saturated heterocycles. The van der Waals surface area contributed by atoms with Crippen LogP contribution in [0.25, 0.3) is 0 Å². The van der Waals surface area contributed by atoms with E-state index in [1.54, 1.807) is 0 Å². The molecule has 21 heavy (non-hydrogen) atoms. The summed E-state index contributed by atoms with van der Waals surface area (Å²) in [6.07, 6.45) is 0. The summed E-state index contributed by atoms with van der Waals surface area (Å²) >= 11 is 0. The van der Waals surface area contributed by atoms with Crippen LogP contribution in [0.5, 0.6) is 11.5 Å². The Kier molecular flexibility index (Phi) is 7.54. The van der Waals surface area contributed by atoms with Crippen molar-refractivity contribution in [1.82, 2.24) is 5.32 Å². The highest BCUT2D eigenvalue weighted by atomic mass is 16.5. The summed E-state index contributed by atoms with van der Waals surface area (Å²) < 4.78 is 17.3. The first-order chi connectivity index (χ1) is 9.98. The van der Waals surface area contributed by atoms with Crippen molar-refractivity contribution in [3.63, 3.8) is 0 Å². The fourth-order valence-electron chi connectivity index (χ4n) is 1.88. The van der Waals surface area contributed by atoms with E-state index in [1.807, 2.05) is 39.8 Å². The van der Waals surface area contributed by atoms with E-state index in [1.165, 1.54) is 0 Å². The van der Waals surface area contributed by atoms with Gasteiger partial charge in [-0.1, -0.05) is 19.1 Å². The quantitative estimate of drug-likeness (QED) is 0.709. The third-order valence-electron chi connectivity index (χ3n) is 2.79. The summed E-state index contributed by atoms with van der Waals surface area (Å²) in [5.41, 5.74) is 0.966. The Morgan fingerprint density at radius 3 is 2.43 bits per heavy atom. The lowest BCUT2D eigenvalue weighted by Gasteiger charge is -2.21. The minimum absolute atomic E-state index is 0.143. The van der Waals surface area contributed by atoms with Gasteiger partial charge in [-0.05, 0) is 40.3 Å². The topological polar surface area (TPSA) is 39.7 Å². The van der Waals surface area contributed by atoms with Crippen molar-refractivity contribution in [3.05, 3.63) is 23.8 Å². The zero-order valence-corrected chi connectivity index (χ0v) is 14.0. The lowest BCUT2D eigenvalue weighted by atomic mass is 10.2. The van der Waals surface area contributed by atoms with Crippen LogP contribution in [-0.2, 0) is 11.3 Å². The molecule has 0 bridgehead atoms. The zero-order chi connectivity index (χ0) is 15.7. The summed E-state index contributed by atoms with van der Waals surface area (Å²) in [5.74, 6) is 1.61. The molecule has 1 N–H and O–H groups in total. The summed E-state index contributed by atoms with van der Waals surface area (Å²) in [6, 6.07) is 6.00. The highest BCUT2D eigenvalue weighted by Gasteiger charge is 2.13. The summed E-state index contributed by atoms with van der Waals surface area (Å²) in [7, 11) is 0. The smallest absolute Gasteiger partial charge is 0.165 e. The van der Waals surface area contributed by atoms with Crippen molar-refractivity contribution in [2.75, 3.05) is 26.4 Å². The van der Waals surface area contributed by atoms with Crippen LogP contribution in [0.15, 0.2) is 18.2 Å². The molecular weight excluding hydrogens is 266 g/mol. The Morgan fingerprint density at radius 1 is 1.05 bits per heavy atom. The lowest BCUT2D eigenvalue weighted by molar-refractivity contribution is -0.0166. The number of ether oxygens (including phenoxy) is 3. The Balaban J connectivity index is 2.70. The van der Waals surface area contributed by atoms with E-state index in [0.29, 0.717) is 19.8 Å². The zero-order valence-electron chi connectivity index (χ0n) is 14.0. The molecule has 1 aromatic rings. The first-order valence-corrected chi connectivity index (χ1v) is 7.70. The van der Waals surface area contributed by atoms with E-state index in [0.717, 1.165) is 30.2 Å². The second-order valence-corrected chi connectivity index (χ2v) is 5.77. The molecule has 0 saturated carbocycles. The molecule has 0 amide bonds. The number of rotatable bonds is 9. The molecule has 0 aliphatic carbocycles. The summed E-state index contributed by atoms with van der Waals surface area (Å²) in [4.78, 5) is 0. The number of benzene rings is 1. The minimum atomic E-state index is -0.143. The van der Waals surface area contributed by atoms with Gasteiger partial charge in [0.25, 0.3) is 0 Å². The molecule has 1 aromatic carbocycles. The molecule has 0 aliphatic rings. The molecule has 4 heteroatoms. The molecule has 0 unspecified atom stereocenters. The molecule has 0 aliphatic heterocycles.